The lowest BCUT2D eigenvalue weighted by molar-refractivity contribution is -0.113. The van der Waals surface area contributed by atoms with Gasteiger partial charge >= 0.3 is 11.9 Å². The van der Waals surface area contributed by atoms with Crippen LogP contribution in [-0.2, 0) is 14.3 Å². The van der Waals surface area contributed by atoms with Gasteiger partial charge in [0.05, 0.1) is 35.8 Å². The molecule has 9 nitrogen and oxygen atoms in total. The lowest BCUT2D eigenvalue weighted by Crippen LogP contribution is -2.16. The van der Waals surface area contributed by atoms with Crippen LogP contribution in [0.15, 0.2) is 29.4 Å². The van der Waals surface area contributed by atoms with Gasteiger partial charge in [0.25, 0.3) is 0 Å². The van der Waals surface area contributed by atoms with Crippen molar-refractivity contribution in [3.63, 3.8) is 0 Å². The lowest BCUT2D eigenvalue weighted by Gasteiger charge is -2.05. The summed E-state index contributed by atoms with van der Waals surface area (Å²) in [7, 11) is 2.49. The Labute approximate surface area is 188 Å². The van der Waals surface area contributed by atoms with Crippen molar-refractivity contribution in [3.05, 3.63) is 40.3 Å². The van der Waals surface area contributed by atoms with E-state index in [0.717, 1.165) is 26.5 Å². The van der Waals surface area contributed by atoms with Gasteiger partial charge in [-0.05, 0) is 24.6 Å². The third-order valence-electron chi connectivity index (χ3n) is 4.40. The van der Waals surface area contributed by atoms with Crippen molar-refractivity contribution >= 4 is 72.5 Å². The number of carbonyl (C=O) groups is 3. The zero-order valence-corrected chi connectivity index (χ0v) is 19.1. The van der Waals surface area contributed by atoms with Gasteiger partial charge in [0.2, 0.25) is 10.9 Å². The number of thioether (sulfide) groups is 1. The van der Waals surface area contributed by atoms with E-state index < -0.39 is 11.9 Å². The Morgan fingerprint density at radius 3 is 2.58 bits per heavy atom. The third-order valence-corrected chi connectivity index (χ3v) is 7.53. The molecule has 4 rings (SSSR count). The monoisotopic (exact) mass is 476 g/mol. The van der Waals surface area contributed by atoms with E-state index in [-0.39, 0.29) is 27.1 Å². The zero-order valence-electron chi connectivity index (χ0n) is 16.6. The number of para-hydroxylation sites is 1. The van der Waals surface area contributed by atoms with Gasteiger partial charge in [-0.1, -0.05) is 35.2 Å². The molecule has 1 aromatic carbocycles. The summed E-state index contributed by atoms with van der Waals surface area (Å²) in [4.78, 5) is 37.8. The lowest BCUT2D eigenvalue weighted by atomic mass is 10.1. The Hall–Kier alpha value is -2.96. The van der Waals surface area contributed by atoms with Crippen LogP contribution in [0.4, 0.5) is 5.00 Å². The highest BCUT2D eigenvalue weighted by atomic mass is 32.2. The maximum Gasteiger partial charge on any atom is 0.348 e. The molecule has 12 heteroatoms. The van der Waals surface area contributed by atoms with Crippen molar-refractivity contribution in [3.8, 4) is 0 Å². The van der Waals surface area contributed by atoms with Crippen LogP contribution >= 0.6 is 34.4 Å². The Balaban J connectivity index is 1.55. The molecule has 0 aliphatic carbocycles. The normalized spacial score (nSPS) is 11.1. The second-order valence-corrected chi connectivity index (χ2v) is 9.22. The van der Waals surface area contributed by atoms with E-state index in [0.29, 0.717) is 10.7 Å². The molecule has 0 radical (unpaired) electrons. The number of carbonyl (C=O) groups excluding carboxylic acids is 3. The van der Waals surface area contributed by atoms with Crippen LogP contribution in [0.2, 0.25) is 0 Å². The molecule has 0 saturated heterocycles. The first-order valence-corrected chi connectivity index (χ1v) is 11.5. The molecule has 3 heterocycles. The first kappa shape index (κ1) is 21.3. The van der Waals surface area contributed by atoms with Gasteiger partial charge in [-0.3, -0.25) is 9.20 Å². The summed E-state index contributed by atoms with van der Waals surface area (Å²) in [5.74, 6) is -1.55. The molecule has 0 aliphatic heterocycles. The van der Waals surface area contributed by atoms with Gasteiger partial charge in [-0.2, -0.15) is 0 Å². The number of nitrogens with one attached hydrogen (secondary N) is 1. The van der Waals surface area contributed by atoms with Crippen molar-refractivity contribution in [2.45, 2.75) is 12.1 Å². The number of thiazole rings is 1. The molecular formula is C19H16N4O5S3. The van der Waals surface area contributed by atoms with Crippen molar-refractivity contribution < 1.29 is 23.9 Å². The van der Waals surface area contributed by atoms with Gasteiger partial charge in [-0.15, -0.1) is 21.5 Å². The van der Waals surface area contributed by atoms with Crippen LogP contribution in [0, 0.1) is 6.92 Å². The quantitative estimate of drug-likeness (QED) is 0.332. The maximum absolute atomic E-state index is 12.6. The average molecular weight is 477 g/mol. The van der Waals surface area contributed by atoms with Crippen LogP contribution < -0.4 is 5.32 Å². The molecule has 4 aromatic rings. The molecule has 3 aromatic heterocycles. The molecule has 31 heavy (non-hydrogen) atoms. The minimum absolute atomic E-state index is 0.0378. The minimum atomic E-state index is -0.643. The number of methoxy groups -OCH3 is 2. The molecule has 0 fully saturated rings. The Bertz CT molecular complexity index is 1320. The van der Waals surface area contributed by atoms with E-state index in [2.05, 4.69) is 15.5 Å². The van der Waals surface area contributed by atoms with Gasteiger partial charge in [0.15, 0.2) is 5.16 Å². The summed E-state index contributed by atoms with van der Waals surface area (Å²) in [5.41, 5.74) is 1.51. The van der Waals surface area contributed by atoms with Gasteiger partial charge in [-0.25, -0.2) is 9.59 Å². The first-order valence-electron chi connectivity index (χ1n) is 8.90. The topological polar surface area (TPSA) is 112 Å². The Morgan fingerprint density at radius 2 is 1.84 bits per heavy atom. The molecular weight excluding hydrogens is 460 g/mol. The van der Waals surface area contributed by atoms with Crippen LogP contribution in [0.5, 0.6) is 0 Å². The van der Waals surface area contributed by atoms with Gasteiger partial charge in [0, 0.05) is 0 Å². The highest BCUT2D eigenvalue weighted by Gasteiger charge is 2.27. The number of aromatic nitrogens is 3. The number of anilines is 1. The van der Waals surface area contributed by atoms with Crippen molar-refractivity contribution in [2.75, 3.05) is 25.3 Å². The van der Waals surface area contributed by atoms with Crippen LogP contribution in [-0.4, -0.2) is 52.4 Å². The summed E-state index contributed by atoms with van der Waals surface area (Å²) in [6.07, 6.45) is 0. The maximum atomic E-state index is 12.6. The highest BCUT2D eigenvalue weighted by Crippen LogP contribution is 2.35. The molecule has 0 aliphatic rings. The summed E-state index contributed by atoms with van der Waals surface area (Å²) in [6, 6.07) is 7.86. The molecule has 0 bridgehead atoms. The fraction of sp³-hybridized carbons (Fsp3) is 0.211. The third kappa shape index (κ3) is 3.89. The summed E-state index contributed by atoms with van der Waals surface area (Å²) >= 11 is 3.72. The number of ether oxygens (including phenoxy) is 2. The average Bonchev–Trinajstić information content (AvgIpc) is 3.43. The first-order chi connectivity index (χ1) is 14.9. The van der Waals surface area contributed by atoms with Crippen molar-refractivity contribution in [2.24, 2.45) is 0 Å². The second-order valence-electron chi connectivity index (χ2n) is 6.25. The number of rotatable bonds is 6. The molecule has 0 saturated carbocycles. The van der Waals surface area contributed by atoms with Gasteiger partial charge < -0.3 is 14.8 Å². The van der Waals surface area contributed by atoms with E-state index in [9.17, 15) is 14.4 Å². The standard InChI is InChI=1S/C19H16N4O5S3/c1-9-13(16(25)27-2)15(31-14(9)17(26)28-3)20-12(24)8-29-18-21-22-19-23(18)10-6-4-5-7-11(10)30-19/h4-7H,8H2,1-3H3,(H,20,24). The number of fused-ring (bicyclic) bond motifs is 3. The SMILES string of the molecule is COC(=O)c1sc(NC(=O)CSc2nnc3sc4ccccc4n23)c(C(=O)OC)c1C. The minimum Gasteiger partial charge on any atom is -0.465 e. The fourth-order valence-electron chi connectivity index (χ4n) is 2.98. The molecule has 160 valence electrons. The van der Waals surface area contributed by atoms with E-state index in [1.54, 1.807) is 6.92 Å². The van der Waals surface area contributed by atoms with Crippen LogP contribution in [0.1, 0.15) is 25.6 Å². The van der Waals surface area contributed by atoms with Gasteiger partial charge in [0.1, 0.15) is 9.88 Å². The smallest absolute Gasteiger partial charge is 0.348 e. The van der Waals surface area contributed by atoms with Crippen molar-refractivity contribution in [1.29, 1.82) is 0 Å². The number of nitrogens with zero attached hydrogens (tertiary/aromatic N) is 3. The molecule has 0 spiro atoms. The summed E-state index contributed by atoms with van der Waals surface area (Å²) in [6.45, 7) is 1.61. The van der Waals surface area contributed by atoms with E-state index in [4.69, 9.17) is 9.47 Å². The number of hydrogen-bond acceptors (Lipinski definition) is 10. The molecule has 0 atom stereocenters. The predicted octanol–water partition coefficient (Wildman–Crippen LogP) is 3.62. The number of thiophene rings is 1. The summed E-state index contributed by atoms with van der Waals surface area (Å²) in [5, 5.41) is 11.9. The number of amides is 1. The molecule has 0 unspecified atom stereocenters. The second kappa shape index (κ2) is 8.65. The fourth-order valence-corrected chi connectivity index (χ4v) is 5.88. The zero-order chi connectivity index (χ0) is 22.1. The Kier molecular flexibility index (Phi) is 5.94. The summed E-state index contributed by atoms with van der Waals surface area (Å²) < 4.78 is 12.5. The predicted molar refractivity (Wildman–Crippen MR) is 119 cm³/mol. The van der Waals surface area contributed by atoms with Crippen LogP contribution in [0.25, 0.3) is 15.2 Å². The molecule has 1 amide bonds. The molecule has 1 N–H and O–H groups in total. The number of hydrogen-bond donors (Lipinski definition) is 1. The van der Waals surface area contributed by atoms with Crippen LogP contribution in [0.3, 0.4) is 0 Å². The highest BCUT2D eigenvalue weighted by molar-refractivity contribution is 7.99. The van der Waals surface area contributed by atoms with Crippen molar-refractivity contribution in [1.82, 2.24) is 14.6 Å². The largest absolute Gasteiger partial charge is 0.465 e. The number of esters is 2. The van der Waals surface area contributed by atoms with E-state index in [1.165, 1.54) is 37.3 Å². The number of benzene rings is 1. The Morgan fingerprint density at radius 1 is 1.10 bits per heavy atom. The van der Waals surface area contributed by atoms with E-state index >= 15 is 0 Å². The van der Waals surface area contributed by atoms with E-state index in [1.807, 2.05) is 28.7 Å².